The molecule has 0 spiro atoms. The lowest BCUT2D eigenvalue weighted by atomic mass is 10.1. The smallest absolute Gasteiger partial charge is 0.184 e. The van der Waals surface area contributed by atoms with E-state index in [1.807, 2.05) is 4.57 Å². The summed E-state index contributed by atoms with van der Waals surface area (Å²) in [5.41, 5.74) is 1.85. The predicted octanol–water partition coefficient (Wildman–Crippen LogP) is 3.15. The Morgan fingerprint density at radius 2 is 1.93 bits per heavy atom. The van der Waals surface area contributed by atoms with Crippen molar-refractivity contribution in [1.82, 2.24) is 14.5 Å². The van der Waals surface area contributed by atoms with Crippen LogP contribution in [0, 0.1) is 29.8 Å². The number of hydrogen-bond acceptors (Lipinski definition) is 4. The van der Waals surface area contributed by atoms with Gasteiger partial charge in [-0.05, 0) is 30.3 Å². The molecule has 1 aliphatic heterocycles. The van der Waals surface area contributed by atoms with E-state index < -0.39 is 23.8 Å². The molecule has 0 radical (unpaired) electrons. The number of aromatic nitrogens is 2. The Morgan fingerprint density at radius 3 is 2.69 bits per heavy atom. The molecule has 0 saturated heterocycles. The third-order valence-electron chi connectivity index (χ3n) is 4.88. The summed E-state index contributed by atoms with van der Waals surface area (Å²) < 4.78 is 42.9. The van der Waals surface area contributed by atoms with Crippen LogP contribution in [0.15, 0.2) is 42.7 Å². The molecule has 0 fully saturated rings. The van der Waals surface area contributed by atoms with E-state index >= 15 is 0 Å². The molecule has 29 heavy (non-hydrogen) atoms. The molecule has 2 heterocycles. The lowest BCUT2D eigenvalue weighted by Gasteiger charge is -2.33. The molecule has 0 amide bonds. The van der Waals surface area contributed by atoms with Crippen molar-refractivity contribution in [2.24, 2.45) is 0 Å². The number of nitrogens with one attached hydrogen (secondary N) is 1. The van der Waals surface area contributed by atoms with E-state index in [-0.39, 0.29) is 17.7 Å². The predicted molar refractivity (Wildman–Crippen MR) is 102 cm³/mol. The fourth-order valence-corrected chi connectivity index (χ4v) is 3.35. The average Bonchev–Trinajstić information content (AvgIpc) is 3.12. The molecule has 4 rings (SSSR count). The van der Waals surface area contributed by atoms with Gasteiger partial charge < -0.3 is 15.0 Å². The van der Waals surface area contributed by atoms with Crippen molar-refractivity contribution >= 4 is 5.69 Å². The normalized spacial score (nSPS) is 14.9. The highest BCUT2D eigenvalue weighted by Gasteiger charge is 2.26. The number of terminal acetylenes is 1. The lowest BCUT2D eigenvalue weighted by molar-refractivity contribution is 0.00804. The van der Waals surface area contributed by atoms with Crippen LogP contribution in [0.3, 0.4) is 0 Å². The van der Waals surface area contributed by atoms with Crippen LogP contribution in [0.1, 0.15) is 11.3 Å². The molecular formula is C21H17F3N4O. The highest BCUT2D eigenvalue weighted by atomic mass is 19.1. The SMILES string of the molecule is C#Cc1cc(NC(O)N2CCn3cnc(-c4ccc(F)cc4F)c3C2)ccc1F. The number of nitrogens with zero attached hydrogens (tertiary/aromatic N) is 3. The van der Waals surface area contributed by atoms with Crippen LogP contribution < -0.4 is 5.32 Å². The number of hydrogen-bond donors (Lipinski definition) is 2. The molecule has 8 heteroatoms. The van der Waals surface area contributed by atoms with Crippen molar-refractivity contribution in [2.75, 3.05) is 11.9 Å². The van der Waals surface area contributed by atoms with E-state index in [4.69, 9.17) is 6.42 Å². The summed E-state index contributed by atoms with van der Waals surface area (Å²) in [6.45, 7) is 1.32. The first-order valence-corrected chi connectivity index (χ1v) is 8.90. The van der Waals surface area contributed by atoms with Gasteiger partial charge in [0.05, 0.1) is 23.3 Å². The molecule has 5 nitrogen and oxygen atoms in total. The molecule has 0 aliphatic carbocycles. The third-order valence-corrected chi connectivity index (χ3v) is 4.88. The summed E-state index contributed by atoms with van der Waals surface area (Å²) in [7, 11) is 0. The van der Waals surface area contributed by atoms with Gasteiger partial charge in [-0.2, -0.15) is 0 Å². The zero-order valence-corrected chi connectivity index (χ0v) is 15.2. The van der Waals surface area contributed by atoms with Gasteiger partial charge in [0.15, 0.2) is 6.35 Å². The highest BCUT2D eigenvalue weighted by molar-refractivity contribution is 5.63. The Hall–Kier alpha value is -3.28. The topological polar surface area (TPSA) is 53.3 Å². The van der Waals surface area contributed by atoms with Crippen molar-refractivity contribution in [3.05, 3.63) is 71.4 Å². The van der Waals surface area contributed by atoms with Gasteiger partial charge in [-0.1, -0.05) is 5.92 Å². The van der Waals surface area contributed by atoms with Gasteiger partial charge in [0, 0.05) is 37.0 Å². The largest absolute Gasteiger partial charge is 0.361 e. The number of aliphatic hydroxyl groups is 1. The second-order valence-electron chi connectivity index (χ2n) is 6.68. The number of rotatable bonds is 4. The van der Waals surface area contributed by atoms with Crippen molar-refractivity contribution in [1.29, 1.82) is 0 Å². The van der Waals surface area contributed by atoms with Crippen molar-refractivity contribution in [3.63, 3.8) is 0 Å². The monoisotopic (exact) mass is 398 g/mol. The fourth-order valence-electron chi connectivity index (χ4n) is 3.35. The van der Waals surface area contributed by atoms with E-state index in [2.05, 4.69) is 16.2 Å². The zero-order valence-electron chi connectivity index (χ0n) is 15.2. The Kier molecular flexibility index (Phi) is 5.01. The summed E-state index contributed by atoms with van der Waals surface area (Å²) >= 11 is 0. The maximum absolute atomic E-state index is 14.2. The van der Waals surface area contributed by atoms with E-state index in [0.717, 1.165) is 6.07 Å². The first kappa shape index (κ1) is 19.1. The first-order chi connectivity index (χ1) is 14.0. The molecule has 2 aromatic carbocycles. The molecule has 1 atom stereocenters. The lowest BCUT2D eigenvalue weighted by Crippen LogP contribution is -2.45. The Labute approximate surface area is 165 Å². The molecular weight excluding hydrogens is 381 g/mol. The van der Waals surface area contributed by atoms with E-state index in [1.165, 1.54) is 30.3 Å². The summed E-state index contributed by atoms with van der Waals surface area (Å²) in [6.07, 6.45) is 5.79. The molecule has 148 valence electrons. The Bertz CT molecular complexity index is 1110. The van der Waals surface area contributed by atoms with Crippen LogP contribution in [0.5, 0.6) is 0 Å². The van der Waals surface area contributed by atoms with E-state index in [1.54, 1.807) is 11.2 Å². The summed E-state index contributed by atoms with van der Waals surface area (Å²) in [6, 6.07) is 7.49. The highest BCUT2D eigenvalue weighted by Crippen LogP contribution is 2.29. The van der Waals surface area contributed by atoms with Crippen molar-refractivity contribution in [2.45, 2.75) is 19.4 Å². The Morgan fingerprint density at radius 1 is 1.10 bits per heavy atom. The molecule has 1 aromatic heterocycles. The number of imidazole rings is 1. The van der Waals surface area contributed by atoms with E-state index in [9.17, 15) is 18.3 Å². The number of benzene rings is 2. The van der Waals surface area contributed by atoms with Crippen molar-refractivity contribution in [3.8, 4) is 23.6 Å². The number of anilines is 1. The molecule has 0 saturated carbocycles. The summed E-state index contributed by atoms with van der Waals surface area (Å²) in [4.78, 5) is 6.00. The van der Waals surface area contributed by atoms with Gasteiger partial charge in [0.25, 0.3) is 0 Å². The van der Waals surface area contributed by atoms with Crippen LogP contribution in [0.25, 0.3) is 11.3 Å². The van der Waals surface area contributed by atoms with Gasteiger partial charge >= 0.3 is 0 Å². The molecule has 1 aliphatic rings. The molecule has 0 bridgehead atoms. The van der Waals surface area contributed by atoms with Crippen LogP contribution in [-0.4, -0.2) is 32.5 Å². The molecule has 3 aromatic rings. The van der Waals surface area contributed by atoms with Crippen LogP contribution in [0.4, 0.5) is 18.9 Å². The van der Waals surface area contributed by atoms with Gasteiger partial charge in [0.1, 0.15) is 17.5 Å². The van der Waals surface area contributed by atoms with Gasteiger partial charge in [0.2, 0.25) is 0 Å². The fraction of sp³-hybridized carbons (Fsp3) is 0.190. The number of aliphatic hydroxyl groups excluding tert-OH is 1. The second kappa shape index (κ2) is 7.62. The van der Waals surface area contributed by atoms with Gasteiger partial charge in [-0.3, -0.25) is 4.90 Å². The Balaban J connectivity index is 1.55. The maximum atomic E-state index is 14.2. The first-order valence-electron chi connectivity index (χ1n) is 8.90. The van der Waals surface area contributed by atoms with Gasteiger partial charge in [-0.15, -0.1) is 6.42 Å². The minimum Gasteiger partial charge on any atom is -0.361 e. The summed E-state index contributed by atoms with van der Waals surface area (Å²) in [5, 5.41) is 13.5. The number of fused-ring (bicyclic) bond motifs is 1. The third kappa shape index (κ3) is 3.70. The standard InChI is InChI=1S/C21H17F3N4O/c1-2-13-9-15(4-6-17(13)23)26-21(29)27-7-8-28-12-25-20(19(28)11-27)16-5-3-14(22)10-18(16)24/h1,3-6,9-10,12,21,26,29H,7-8,11H2. The van der Waals surface area contributed by atoms with E-state index in [0.29, 0.717) is 30.2 Å². The average molecular weight is 398 g/mol. The van der Waals surface area contributed by atoms with Gasteiger partial charge in [-0.25, -0.2) is 18.2 Å². The second-order valence-corrected chi connectivity index (χ2v) is 6.68. The summed E-state index contributed by atoms with van der Waals surface area (Å²) in [5.74, 6) is 0.376. The van der Waals surface area contributed by atoms with Crippen molar-refractivity contribution < 1.29 is 18.3 Å². The van der Waals surface area contributed by atoms with Crippen LogP contribution in [0.2, 0.25) is 0 Å². The quantitative estimate of drug-likeness (QED) is 0.524. The minimum atomic E-state index is -1.08. The van der Waals surface area contributed by atoms with Crippen LogP contribution in [-0.2, 0) is 13.1 Å². The minimum absolute atomic E-state index is 0.0907. The zero-order chi connectivity index (χ0) is 20.5. The maximum Gasteiger partial charge on any atom is 0.184 e. The molecule has 2 N–H and O–H groups in total. The molecule has 1 unspecified atom stereocenters. The number of halogens is 3. The van der Waals surface area contributed by atoms with Crippen LogP contribution >= 0.6 is 0 Å².